The van der Waals surface area contributed by atoms with Gasteiger partial charge in [-0.2, -0.15) is 9.61 Å². The molecular formula is C22H19FN6O4S. The molecule has 0 fully saturated rings. The van der Waals surface area contributed by atoms with Crippen molar-refractivity contribution in [2.45, 2.75) is 24.3 Å². The number of hydrogen-bond donors (Lipinski definition) is 2. The topological polar surface area (TPSA) is 132 Å². The molecule has 4 aromatic rings. The molecule has 0 atom stereocenters. The predicted molar refractivity (Wildman–Crippen MR) is 121 cm³/mol. The van der Waals surface area contributed by atoms with Crippen LogP contribution >= 0.6 is 0 Å². The van der Waals surface area contributed by atoms with E-state index in [4.69, 9.17) is 4.74 Å². The summed E-state index contributed by atoms with van der Waals surface area (Å²) >= 11 is 0. The van der Waals surface area contributed by atoms with Gasteiger partial charge in [0.25, 0.3) is 15.8 Å². The quantitative estimate of drug-likeness (QED) is 0.414. The van der Waals surface area contributed by atoms with E-state index in [0.717, 1.165) is 24.3 Å². The Morgan fingerprint density at radius 2 is 1.82 bits per heavy atom. The van der Waals surface area contributed by atoms with Gasteiger partial charge in [0.15, 0.2) is 0 Å². The molecule has 0 aliphatic heterocycles. The molecule has 10 nitrogen and oxygen atoms in total. The number of sulfonamides is 1. The number of hydrogen-bond acceptors (Lipinski definition) is 8. The number of nitrogens with zero attached hydrogens (tertiary/aromatic N) is 5. The van der Waals surface area contributed by atoms with Gasteiger partial charge in [-0.1, -0.05) is 5.92 Å². The minimum Gasteiger partial charge on any atom is -0.480 e. The molecule has 0 radical (unpaired) electrons. The molecule has 4 rings (SSSR count). The number of fused-ring (bicyclic) bond motifs is 1. The molecule has 3 aromatic heterocycles. The second kappa shape index (κ2) is 8.69. The largest absolute Gasteiger partial charge is 0.480 e. The summed E-state index contributed by atoms with van der Waals surface area (Å²) in [6.45, 7) is 3.11. The van der Waals surface area contributed by atoms with Crippen LogP contribution in [0.4, 0.5) is 10.1 Å². The van der Waals surface area contributed by atoms with E-state index in [-0.39, 0.29) is 16.5 Å². The Morgan fingerprint density at radius 1 is 1.12 bits per heavy atom. The Balaban J connectivity index is 1.74. The monoisotopic (exact) mass is 482 g/mol. The second-order valence-corrected chi connectivity index (χ2v) is 9.33. The molecule has 3 heterocycles. The molecule has 0 aliphatic rings. The SMILES string of the molecule is COc1ncc(-c2cnc3ncc(C#CC(C)(C)O)n3n2)cc1NS(=O)(=O)c1ccc(F)cc1. The molecule has 0 saturated heterocycles. The van der Waals surface area contributed by atoms with E-state index >= 15 is 0 Å². The minimum absolute atomic E-state index is 0.0304. The van der Waals surface area contributed by atoms with Crippen molar-refractivity contribution in [1.29, 1.82) is 0 Å². The average molecular weight is 482 g/mol. The van der Waals surface area contributed by atoms with Crippen LogP contribution in [-0.4, -0.2) is 50.8 Å². The van der Waals surface area contributed by atoms with Crippen molar-refractivity contribution < 1.29 is 22.7 Å². The summed E-state index contributed by atoms with van der Waals surface area (Å²) in [6.07, 6.45) is 4.38. The lowest BCUT2D eigenvalue weighted by Gasteiger charge is -2.12. The van der Waals surface area contributed by atoms with Crippen molar-refractivity contribution >= 4 is 21.5 Å². The number of halogens is 1. The van der Waals surface area contributed by atoms with Gasteiger partial charge in [0.05, 0.1) is 24.4 Å². The maximum Gasteiger partial charge on any atom is 0.262 e. The zero-order valence-electron chi connectivity index (χ0n) is 18.3. The van der Waals surface area contributed by atoms with Crippen LogP contribution in [-0.2, 0) is 10.0 Å². The first-order valence-electron chi connectivity index (χ1n) is 9.85. The normalized spacial score (nSPS) is 11.7. The van der Waals surface area contributed by atoms with Crippen LogP contribution in [0.2, 0.25) is 0 Å². The van der Waals surface area contributed by atoms with Gasteiger partial charge in [-0.05, 0) is 50.1 Å². The number of pyridine rings is 1. The minimum atomic E-state index is -4.05. The fraction of sp³-hybridized carbons (Fsp3) is 0.182. The summed E-state index contributed by atoms with van der Waals surface area (Å²) in [7, 11) is -2.70. The summed E-state index contributed by atoms with van der Waals surface area (Å²) in [5.74, 6) is 5.27. The predicted octanol–water partition coefficient (Wildman–Crippen LogP) is 2.26. The van der Waals surface area contributed by atoms with Crippen LogP contribution < -0.4 is 9.46 Å². The summed E-state index contributed by atoms with van der Waals surface area (Å²) in [5.41, 5.74) is 0.0477. The van der Waals surface area contributed by atoms with E-state index in [1.165, 1.54) is 36.3 Å². The molecule has 174 valence electrons. The van der Waals surface area contributed by atoms with Gasteiger partial charge in [0.2, 0.25) is 5.88 Å². The zero-order valence-corrected chi connectivity index (χ0v) is 19.1. The maximum absolute atomic E-state index is 13.2. The van der Waals surface area contributed by atoms with Gasteiger partial charge in [-0.25, -0.2) is 27.8 Å². The highest BCUT2D eigenvalue weighted by Crippen LogP contribution is 2.29. The molecule has 0 spiro atoms. The molecule has 12 heteroatoms. The fourth-order valence-corrected chi connectivity index (χ4v) is 3.90. The summed E-state index contributed by atoms with van der Waals surface area (Å²) in [4.78, 5) is 12.4. The number of benzene rings is 1. The Morgan fingerprint density at radius 3 is 2.50 bits per heavy atom. The molecule has 0 amide bonds. The third-order valence-electron chi connectivity index (χ3n) is 4.43. The molecule has 1 aromatic carbocycles. The van der Waals surface area contributed by atoms with Crippen LogP contribution in [0.15, 0.2) is 53.8 Å². The third-order valence-corrected chi connectivity index (χ3v) is 5.82. The third kappa shape index (κ3) is 4.95. The molecule has 0 unspecified atom stereocenters. The Hall–Kier alpha value is -4.08. The number of aliphatic hydroxyl groups is 1. The Kier molecular flexibility index (Phi) is 5.90. The lowest BCUT2D eigenvalue weighted by atomic mass is 10.1. The van der Waals surface area contributed by atoms with Crippen molar-refractivity contribution in [3.05, 3.63) is 60.4 Å². The highest BCUT2D eigenvalue weighted by Gasteiger charge is 2.19. The number of nitrogens with one attached hydrogen (secondary N) is 1. The fourth-order valence-electron chi connectivity index (χ4n) is 2.86. The first kappa shape index (κ1) is 23.1. The van der Waals surface area contributed by atoms with Crippen LogP contribution in [0.3, 0.4) is 0 Å². The van der Waals surface area contributed by atoms with Crippen molar-refractivity contribution in [3.8, 4) is 29.0 Å². The highest BCUT2D eigenvalue weighted by atomic mass is 32.2. The van der Waals surface area contributed by atoms with Gasteiger partial charge >= 0.3 is 0 Å². The van der Waals surface area contributed by atoms with E-state index in [2.05, 4.69) is 36.6 Å². The van der Waals surface area contributed by atoms with Crippen molar-refractivity contribution in [2.75, 3.05) is 11.8 Å². The number of methoxy groups -OCH3 is 1. The van der Waals surface area contributed by atoms with Gasteiger partial charge in [0.1, 0.15) is 28.5 Å². The zero-order chi connectivity index (χ0) is 24.5. The van der Waals surface area contributed by atoms with Crippen LogP contribution in [0.1, 0.15) is 19.5 Å². The molecule has 0 bridgehead atoms. The first-order valence-corrected chi connectivity index (χ1v) is 11.3. The van der Waals surface area contributed by atoms with E-state index < -0.39 is 21.4 Å². The maximum atomic E-state index is 13.2. The van der Waals surface area contributed by atoms with Crippen LogP contribution in [0, 0.1) is 17.7 Å². The first-order chi connectivity index (χ1) is 16.1. The van der Waals surface area contributed by atoms with Crippen LogP contribution in [0.25, 0.3) is 17.0 Å². The number of aromatic nitrogens is 5. The van der Waals surface area contributed by atoms with Gasteiger partial charge in [-0.15, -0.1) is 0 Å². The summed E-state index contributed by atoms with van der Waals surface area (Å²) < 4.78 is 47.7. The number of imidazole rings is 1. The lowest BCUT2D eigenvalue weighted by molar-refractivity contribution is 0.143. The van der Waals surface area contributed by atoms with E-state index in [1.807, 2.05) is 0 Å². The highest BCUT2D eigenvalue weighted by molar-refractivity contribution is 7.92. The van der Waals surface area contributed by atoms with E-state index in [0.29, 0.717) is 22.7 Å². The molecule has 0 aliphatic carbocycles. The van der Waals surface area contributed by atoms with Crippen LogP contribution in [0.5, 0.6) is 5.88 Å². The molecule has 34 heavy (non-hydrogen) atoms. The molecule has 2 N–H and O–H groups in total. The number of ether oxygens (including phenoxy) is 1. The molecular weight excluding hydrogens is 463 g/mol. The Labute approximate surface area is 194 Å². The second-order valence-electron chi connectivity index (χ2n) is 7.65. The van der Waals surface area contributed by atoms with Crippen molar-refractivity contribution in [3.63, 3.8) is 0 Å². The van der Waals surface area contributed by atoms with Crippen molar-refractivity contribution in [1.82, 2.24) is 24.6 Å². The smallest absolute Gasteiger partial charge is 0.262 e. The van der Waals surface area contributed by atoms with Gasteiger partial charge in [-0.3, -0.25) is 4.72 Å². The Bertz CT molecular complexity index is 1530. The lowest BCUT2D eigenvalue weighted by Crippen LogP contribution is -2.14. The summed E-state index contributed by atoms with van der Waals surface area (Å²) in [5, 5.41) is 14.3. The van der Waals surface area contributed by atoms with Gasteiger partial charge < -0.3 is 9.84 Å². The number of rotatable bonds is 5. The van der Waals surface area contributed by atoms with Crippen molar-refractivity contribution in [2.24, 2.45) is 0 Å². The summed E-state index contributed by atoms with van der Waals surface area (Å²) in [6, 6.07) is 5.89. The standard InChI is InChI=1S/C22H19FN6O4S/c1-22(2,30)9-8-16-12-25-21-26-13-19(27-29(16)21)14-10-18(20(33-3)24-11-14)28-34(31,32)17-6-4-15(23)5-7-17/h4-7,10-13,28,30H,1-3H3. The van der Waals surface area contributed by atoms with Gasteiger partial charge in [0, 0.05) is 11.8 Å². The van der Waals surface area contributed by atoms with E-state index in [9.17, 15) is 17.9 Å². The number of anilines is 1. The average Bonchev–Trinajstić information content (AvgIpc) is 3.19. The molecule has 0 saturated carbocycles. The van der Waals surface area contributed by atoms with E-state index in [1.54, 1.807) is 13.8 Å².